The number of rotatable bonds is 6. The van der Waals surface area contributed by atoms with Gasteiger partial charge in [0.05, 0.1) is 6.10 Å². The van der Waals surface area contributed by atoms with Gasteiger partial charge in [0.1, 0.15) is 12.4 Å². The minimum absolute atomic E-state index is 0.358. The first kappa shape index (κ1) is 13.4. The molecule has 0 aliphatic carbocycles. The number of nitrogens with zero attached hydrogens (tertiary/aromatic N) is 1. The Morgan fingerprint density at radius 2 is 1.89 bits per heavy atom. The molecule has 1 aliphatic rings. The molecule has 1 N–H and O–H groups in total. The second kappa shape index (κ2) is 6.76. The van der Waals surface area contributed by atoms with E-state index in [9.17, 15) is 5.11 Å². The van der Waals surface area contributed by atoms with Gasteiger partial charge in [-0.1, -0.05) is 19.1 Å². The Morgan fingerprint density at radius 1 is 1.22 bits per heavy atom. The number of likely N-dealkylation sites (tertiary alicyclic amines) is 1. The lowest BCUT2D eigenvalue weighted by Gasteiger charge is -2.15. The van der Waals surface area contributed by atoms with Crippen molar-refractivity contribution in [2.75, 3.05) is 26.2 Å². The molecule has 1 aromatic rings. The third-order valence-corrected chi connectivity index (χ3v) is 3.53. The van der Waals surface area contributed by atoms with Crippen LogP contribution in [0.2, 0.25) is 0 Å². The number of aliphatic hydroxyl groups excluding tert-OH is 1. The minimum atomic E-state index is -0.358. The van der Waals surface area contributed by atoms with E-state index in [2.05, 4.69) is 4.90 Å². The van der Waals surface area contributed by atoms with Gasteiger partial charge in [0.2, 0.25) is 0 Å². The Bertz CT molecular complexity index is 344. The van der Waals surface area contributed by atoms with Gasteiger partial charge in [-0.15, -0.1) is 0 Å². The maximum atomic E-state index is 9.69. The van der Waals surface area contributed by atoms with Gasteiger partial charge < -0.3 is 9.84 Å². The molecule has 1 aromatic carbocycles. The van der Waals surface area contributed by atoms with Crippen LogP contribution in [-0.4, -0.2) is 36.2 Å². The molecule has 1 heterocycles. The number of hydrogen-bond donors (Lipinski definition) is 1. The van der Waals surface area contributed by atoms with Gasteiger partial charge in [-0.05, 0) is 50.0 Å². The lowest BCUT2D eigenvalue weighted by Crippen LogP contribution is -2.25. The van der Waals surface area contributed by atoms with Crippen LogP contribution < -0.4 is 4.74 Å². The van der Waals surface area contributed by atoms with Crippen LogP contribution in [0.25, 0.3) is 0 Å². The summed E-state index contributed by atoms with van der Waals surface area (Å²) < 4.78 is 5.71. The van der Waals surface area contributed by atoms with Crippen molar-refractivity contribution in [1.29, 1.82) is 0 Å². The van der Waals surface area contributed by atoms with Crippen LogP contribution >= 0.6 is 0 Å². The Labute approximate surface area is 109 Å². The summed E-state index contributed by atoms with van der Waals surface area (Å²) in [6, 6.07) is 7.77. The third kappa shape index (κ3) is 3.72. The molecule has 0 amide bonds. The monoisotopic (exact) mass is 249 g/mol. The highest BCUT2D eigenvalue weighted by Crippen LogP contribution is 2.19. The summed E-state index contributed by atoms with van der Waals surface area (Å²) >= 11 is 0. The number of aliphatic hydroxyl groups is 1. The molecule has 0 saturated carbocycles. The lowest BCUT2D eigenvalue weighted by molar-refractivity contribution is 0.173. The Kier molecular flexibility index (Phi) is 5.02. The average Bonchev–Trinajstić information content (AvgIpc) is 2.92. The summed E-state index contributed by atoms with van der Waals surface area (Å²) in [5.41, 5.74) is 0.962. The van der Waals surface area contributed by atoms with Crippen LogP contribution in [0.1, 0.15) is 37.9 Å². The van der Waals surface area contributed by atoms with Crippen LogP contribution in [-0.2, 0) is 0 Å². The molecule has 1 aliphatic heterocycles. The van der Waals surface area contributed by atoms with Crippen molar-refractivity contribution in [3.8, 4) is 5.75 Å². The van der Waals surface area contributed by atoms with Crippen molar-refractivity contribution in [3.63, 3.8) is 0 Å². The second-order valence-electron chi connectivity index (χ2n) is 4.89. The predicted molar refractivity (Wildman–Crippen MR) is 72.9 cm³/mol. The first-order valence-corrected chi connectivity index (χ1v) is 6.93. The molecule has 1 fully saturated rings. The standard InChI is InChI=1S/C15H23NO2/c1-2-15(17)13-5-7-14(8-6-13)18-12-11-16-9-3-4-10-16/h5-8,15,17H,2-4,9-12H2,1H3/t15-/m1/s1. The average molecular weight is 249 g/mol. The number of benzene rings is 1. The van der Waals surface area contributed by atoms with Crippen molar-refractivity contribution >= 4 is 0 Å². The molecular weight excluding hydrogens is 226 g/mol. The highest BCUT2D eigenvalue weighted by Gasteiger charge is 2.10. The fourth-order valence-electron chi connectivity index (χ4n) is 2.32. The zero-order valence-electron chi connectivity index (χ0n) is 11.1. The molecule has 3 heteroatoms. The van der Waals surface area contributed by atoms with Crippen molar-refractivity contribution < 1.29 is 9.84 Å². The number of ether oxygens (including phenoxy) is 1. The van der Waals surface area contributed by atoms with Crippen molar-refractivity contribution in [2.45, 2.75) is 32.3 Å². The molecule has 0 spiro atoms. The van der Waals surface area contributed by atoms with E-state index in [4.69, 9.17) is 4.74 Å². The topological polar surface area (TPSA) is 32.7 Å². The van der Waals surface area contributed by atoms with E-state index in [1.54, 1.807) is 0 Å². The summed E-state index contributed by atoms with van der Waals surface area (Å²) in [7, 11) is 0. The molecule has 0 unspecified atom stereocenters. The van der Waals surface area contributed by atoms with Gasteiger partial charge in [0.15, 0.2) is 0 Å². The van der Waals surface area contributed by atoms with Crippen molar-refractivity contribution in [2.24, 2.45) is 0 Å². The predicted octanol–water partition coefficient (Wildman–Crippen LogP) is 2.60. The first-order chi connectivity index (χ1) is 8.79. The molecule has 2 rings (SSSR count). The van der Waals surface area contributed by atoms with Crippen LogP contribution in [0, 0.1) is 0 Å². The molecule has 0 bridgehead atoms. The Balaban J connectivity index is 1.75. The molecule has 0 radical (unpaired) electrons. The summed E-state index contributed by atoms with van der Waals surface area (Å²) in [6.07, 6.45) is 3.03. The zero-order valence-corrected chi connectivity index (χ0v) is 11.1. The first-order valence-electron chi connectivity index (χ1n) is 6.93. The lowest BCUT2D eigenvalue weighted by atomic mass is 10.1. The Morgan fingerprint density at radius 3 is 2.50 bits per heavy atom. The normalized spacial score (nSPS) is 17.9. The summed E-state index contributed by atoms with van der Waals surface area (Å²) in [5.74, 6) is 0.890. The van der Waals surface area contributed by atoms with Crippen LogP contribution in [0.15, 0.2) is 24.3 Å². The molecule has 100 valence electrons. The fraction of sp³-hybridized carbons (Fsp3) is 0.600. The van der Waals surface area contributed by atoms with E-state index in [0.29, 0.717) is 0 Å². The van der Waals surface area contributed by atoms with Gasteiger partial charge >= 0.3 is 0 Å². The molecule has 3 nitrogen and oxygen atoms in total. The highest BCUT2D eigenvalue weighted by molar-refractivity contribution is 5.28. The summed E-state index contributed by atoms with van der Waals surface area (Å²) in [4.78, 5) is 2.44. The summed E-state index contributed by atoms with van der Waals surface area (Å²) in [6.45, 7) is 6.16. The molecule has 1 atom stereocenters. The summed E-state index contributed by atoms with van der Waals surface area (Å²) in [5, 5.41) is 9.69. The molecule has 18 heavy (non-hydrogen) atoms. The van der Waals surface area contributed by atoms with Crippen LogP contribution in [0.5, 0.6) is 5.75 Å². The smallest absolute Gasteiger partial charge is 0.119 e. The SMILES string of the molecule is CC[C@@H](O)c1ccc(OCCN2CCCC2)cc1. The maximum Gasteiger partial charge on any atom is 0.119 e. The third-order valence-electron chi connectivity index (χ3n) is 3.53. The van der Waals surface area contributed by atoms with Crippen LogP contribution in [0.3, 0.4) is 0 Å². The minimum Gasteiger partial charge on any atom is -0.492 e. The van der Waals surface area contributed by atoms with Gasteiger partial charge in [-0.2, -0.15) is 0 Å². The maximum absolute atomic E-state index is 9.69. The van der Waals surface area contributed by atoms with Gasteiger partial charge in [0, 0.05) is 6.54 Å². The van der Waals surface area contributed by atoms with Gasteiger partial charge in [-0.3, -0.25) is 4.90 Å². The number of hydrogen-bond acceptors (Lipinski definition) is 3. The van der Waals surface area contributed by atoms with Crippen molar-refractivity contribution in [1.82, 2.24) is 4.90 Å². The van der Waals surface area contributed by atoms with Crippen molar-refractivity contribution in [3.05, 3.63) is 29.8 Å². The second-order valence-corrected chi connectivity index (χ2v) is 4.89. The highest BCUT2D eigenvalue weighted by atomic mass is 16.5. The quantitative estimate of drug-likeness (QED) is 0.841. The van der Waals surface area contributed by atoms with E-state index < -0.39 is 0 Å². The van der Waals surface area contributed by atoms with E-state index in [-0.39, 0.29) is 6.10 Å². The van der Waals surface area contributed by atoms with E-state index in [1.165, 1.54) is 25.9 Å². The van der Waals surface area contributed by atoms with E-state index >= 15 is 0 Å². The van der Waals surface area contributed by atoms with E-state index in [0.717, 1.165) is 30.9 Å². The zero-order chi connectivity index (χ0) is 12.8. The molecular formula is C15H23NO2. The fourth-order valence-corrected chi connectivity index (χ4v) is 2.32. The molecule has 0 aromatic heterocycles. The largest absolute Gasteiger partial charge is 0.492 e. The van der Waals surface area contributed by atoms with Gasteiger partial charge in [-0.25, -0.2) is 0 Å². The van der Waals surface area contributed by atoms with Gasteiger partial charge in [0.25, 0.3) is 0 Å². The molecule has 1 saturated heterocycles. The van der Waals surface area contributed by atoms with E-state index in [1.807, 2.05) is 31.2 Å². The Hall–Kier alpha value is -1.06. The van der Waals surface area contributed by atoms with Crippen LogP contribution in [0.4, 0.5) is 0 Å².